The zero-order valence-electron chi connectivity index (χ0n) is 14.0. The van der Waals surface area contributed by atoms with Gasteiger partial charge in [-0.05, 0) is 59.3 Å². The first-order chi connectivity index (χ1) is 10.5. The summed E-state index contributed by atoms with van der Waals surface area (Å²) in [5.74, 6) is -0.383. The lowest BCUT2D eigenvalue weighted by Crippen LogP contribution is -2.23. The molecule has 122 valence electrons. The van der Waals surface area contributed by atoms with Crippen LogP contribution >= 0.6 is 0 Å². The Labute approximate surface area is 133 Å². The van der Waals surface area contributed by atoms with Gasteiger partial charge >= 0.3 is 5.97 Å². The van der Waals surface area contributed by atoms with E-state index < -0.39 is 6.29 Å². The van der Waals surface area contributed by atoms with Crippen LogP contribution in [0.25, 0.3) is 0 Å². The zero-order chi connectivity index (χ0) is 16.1. The van der Waals surface area contributed by atoms with Crippen molar-refractivity contribution in [2.75, 3.05) is 0 Å². The SMILES string of the molecule is CC(C)=CCC/C(C)=C/CCC1=CCC2C(O)OC(=O)C2C1. The molecule has 0 aromatic rings. The van der Waals surface area contributed by atoms with E-state index in [0.717, 1.165) is 38.5 Å². The number of aliphatic hydroxyl groups excluding tert-OH is 1. The third-order valence-electron chi connectivity index (χ3n) is 4.63. The molecule has 2 rings (SSSR count). The number of rotatable bonds is 6. The standard InChI is InChI=1S/C19H28O3/c1-13(2)6-4-7-14(3)8-5-9-15-10-11-16-17(12-15)19(21)22-18(16)20/h6,8,10,16-18,20H,4-5,7,9,11-12H2,1-3H3/b14-8+. The van der Waals surface area contributed by atoms with Crippen LogP contribution in [0, 0.1) is 11.8 Å². The number of allylic oxidation sites excluding steroid dienone is 6. The summed E-state index contributed by atoms with van der Waals surface area (Å²) in [6.45, 7) is 6.45. The van der Waals surface area contributed by atoms with Gasteiger partial charge in [-0.15, -0.1) is 0 Å². The number of hydrogen-bond acceptors (Lipinski definition) is 3. The molecular formula is C19H28O3. The van der Waals surface area contributed by atoms with E-state index in [-0.39, 0.29) is 17.8 Å². The summed E-state index contributed by atoms with van der Waals surface area (Å²) in [4.78, 5) is 11.7. The molecule has 3 unspecified atom stereocenters. The number of carbonyl (C=O) groups is 1. The molecule has 0 aromatic heterocycles. The first-order valence-corrected chi connectivity index (χ1v) is 8.33. The molecule has 3 nitrogen and oxygen atoms in total. The smallest absolute Gasteiger partial charge is 0.312 e. The largest absolute Gasteiger partial charge is 0.435 e. The molecule has 22 heavy (non-hydrogen) atoms. The minimum Gasteiger partial charge on any atom is -0.435 e. The molecule has 1 N–H and O–H groups in total. The molecule has 0 saturated carbocycles. The van der Waals surface area contributed by atoms with Crippen LogP contribution in [-0.4, -0.2) is 17.4 Å². The van der Waals surface area contributed by atoms with Crippen molar-refractivity contribution in [3.8, 4) is 0 Å². The zero-order valence-corrected chi connectivity index (χ0v) is 14.0. The molecule has 1 aliphatic heterocycles. The van der Waals surface area contributed by atoms with E-state index in [9.17, 15) is 9.90 Å². The van der Waals surface area contributed by atoms with E-state index in [1.54, 1.807) is 0 Å². The lowest BCUT2D eigenvalue weighted by Gasteiger charge is -2.22. The van der Waals surface area contributed by atoms with Crippen molar-refractivity contribution in [2.24, 2.45) is 11.8 Å². The van der Waals surface area contributed by atoms with Crippen molar-refractivity contribution in [3.63, 3.8) is 0 Å². The van der Waals surface area contributed by atoms with Crippen LogP contribution in [0.3, 0.4) is 0 Å². The Balaban J connectivity index is 1.77. The van der Waals surface area contributed by atoms with Gasteiger partial charge in [0, 0.05) is 5.92 Å². The fourth-order valence-electron chi connectivity index (χ4n) is 3.25. The number of carbonyl (C=O) groups excluding carboxylic acids is 1. The van der Waals surface area contributed by atoms with Crippen molar-refractivity contribution in [1.82, 2.24) is 0 Å². The van der Waals surface area contributed by atoms with Gasteiger partial charge < -0.3 is 9.84 Å². The van der Waals surface area contributed by atoms with E-state index in [1.165, 1.54) is 16.7 Å². The van der Waals surface area contributed by atoms with E-state index in [0.29, 0.717) is 0 Å². The molecule has 2 aliphatic rings. The Morgan fingerprint density at radius 1 is 1.32 bits per heavy atom. The Bertz CT molecular complexity index is 495. The summed E-state index contributed by atoms with van der Waals surface area (Å²) in [5, 5.41) is 9.66. The van der Waals surface area contributed by atoms with E-state index in [1.807, 2.05) is 0 Å². The van der Waals surface area contributed by atoms with Gasteiger partial charge in [-0.1, -0.05) is 34.9 Å². The number of cyclic esters (lactones) is 1. The normalized spacial score (nSPS) is 28.0. The third kappa shape index (κ3) is 4.57. The second-order valence-electron chi connectivity index (χ2n) is 6.81. The van der Waals surface area contributed by atoms with Gasteiger partial charge in [-0.2, -0.15) is 0 Å². The van der Waals surface area contributed by atoms with E-state index in [2.05, 4.69) is 39.0 Å². The van der Waals surface area contributed by atoms with Gasteiger partial charge in [0.25, 0.3) is 0 Å². The highest BCUT2D eigenvalue weighted by Gasteiger charge is 2.44. The monoisotopic (exact) mass is 304 g/mol. The van der Waals surface area contributed by atoms with Crippen molar-refractivity contribution in [3.05, 3.63) is 34.9 Å². The maximum Gasteiger partial charge on any atom is 0.312 e. The predicted molar refractivity (Wildman–Crippen MR) is 88.1 cm³/mol. The summed E-state index contributed by atoms with van der Waals surface area (Å²) in [7, 11) is 0. The second kappa shape index (κ2) is 7.77. The quantitative estimate of drug-likeness (QED) is 0.588. The van der Waals surface area contributed by atoms with Gasteiger partial charge in [0.2, 0.25) is 6.29 Å². The number of esters is 1. The minimum absolute atomic E-state index is 0.0300. The summed E-state index contributed by atoms with van der Waals surface area (Å²) in [6.07, 6.45) is 11.7. The van der Waals surface area contributed by atoms with Gasteiger partial charge in [0.05, 0.1) is 5.92 Å². The number of aliphatic hydroxyl groups is 1. The molecule has 1 fully saturated rings. The second-order valence-corrected chi connectivity index (χ2v) is 6.81. The fourth-order valence-corrected chi connectivity index (χ4v) is 3.25. The predicted octanol–water partition coefficient (Wildman–Crippen LogP) is 4.29. The highest BCUT2D eigenvalue weighted by molar-refractivity contribution is 5.75. The molecule has 0 amide bonds. The number of fused-ring (bicyclic) bond motifs is 1. The van der Waals surface area contributed by atoms with Gasteiger partial charge in [0.15, 0.2) is 0 Å². The Morgan fingerprint density at radius 3 is 2.82 bits per heavy atom. The Kier molecular flexibility index (Phi) is 6.01. The molecule has 1 heterocycles. The topological polar surface area (TPSA) is 46.5 Å². The van der Waals surface area contributed by atoms with Crippen LogP contribution in [0.4, 0.5) is 0 Å². The molecule has 0 spiro atoms. The summed E-state index contributed by atoms with van der Waals surface area (Å²) in [5.41, 5.74) is 4.14. The van der Waals surface area contributed by atoms with Gasteiger partial charge in [-0.25, -0.2) is 0 Å². The average molecular weight is 304 g/mol. The summed E-state index contributed by atoms with van der Waals surface area (Å²) in [6, 6.07) is 0. The summed E-state index contributed by atoms with van der Waals surface area (Å²) >= 11 is 0. The van der Waals surface area contributed by atoms with Crippen LogP contribution in [0.1, 0.15) is 59.3 Å². The number of hydrogen-bond donors (Lipinski definition) is 1. The van der Waals surface area contributed by atoms with Gasteiger partial charge in [0.1, 0.15) is 0 Å². The third-order valence-corrected chi connectivity index (χ3v) is 4.63. The van der Waals surface area contributed by atoms with Crippen molar-refractivity contribution in [2.45, 2.75) is 65.6 Å². The maximum atomic E-state index is 11.7. The van der Waals surface area contributed by atoms with Crippen LogP contribution in [0.2, 0.25) is 0 Å². The van der Waals surface area contributed by atoms with Crippen LogP contribution < -0.4 is 0 Å². The highest BCUT2D eigenvalue weighted by atomic mass is 16.6. The highest BCUT2D eigenvalue weighted by Crippen LogP contribution is 2.39. The van der Waals surface area contributed by atoms with Crippen molar-refractivity contribution >= 4 is 5.97 Å². The maximum absolute atomic E-state index is 11.7. The molecule has 0 radical (unpaired) electrons. The molecule has 0 aromatic carbocycles. The molecular weight excluding hydrogens is 276 g/mol. The average Bonchev–Trinajstić information content (AvgIpc) is 2.73. The van der Waals surface area contributed by atoms with E-state index in [4.69, 9.17) is 4.74 Å². The molecule has 0 bridgehead atoms. The lowest BCUT2D eigenvalue weighted by atomic mass is 9.80. The van der Waals surface area contributed by atoms with E-state index >= 15 is 0 Å². The molecule has 1 saturated heterocycles. The fraction of sp³-hybridized carbons (Fsp3) is 0.632. The van der Waals surface area contributed by atoms with Crippen LogP contribution in [0.15, 0.2) is 34.9 Å². The first kappa shape index (κ1) is 17.0. The lowest BCUT2D eigenvalue weighted by molar-refractivity contribution is -0.156. The number of ether oxygens (including phenoxy) is 1. The Morgan fingerprint density at radius 2 is 2.09 bits per heavy atom. The van der Waals surface area contributed by atoms with Crippen LogP contribution in [-0.2, 0) is 9.53 Å². The minimum atomic E-state index is -0.896. The van der Waals surface area contributed by atoms with Gasteiger partial charge in [-0.3, -0.25) is 4.79 Å². The van der Waals surface area contributed by atoms with Crippen molar-refractivity contribution in [1.29, 1.82) is 0 Å². The summed E-state index contributed by atoms with van der Waals surface area (Å²) < 4.78 is 4.93. The molecule has 1 aliphatic carbocycles. The Hall–Kier alpha value is -1.35. The van der Waals surface area contributed by atoms with Crippen LogP contribution in [0.5, 0.6) is 0 Å². The molecule has 3 atom stereocenters. The molecule has 3 heteroatoms. The van der Waals surface area contributed by atoms with Crippen molar-refractivity contribution < 1.29 is 14.6 Å². The first-order valence-electron chi connectivity index (χ1n) is 8.33.